The largest absolute Gasteiger partial charge is 0.370 e. The molecule has 0 fully saturated rings. The zero-order valence-corrected chi connectivity index (χ0v) is 13.4. The molecule has 0 radical (unpaired) electrons. The molecule has 1 N–H and O–H groups in total. The van der Waals surface area contributed by atoms with Crippen molar-refractivity contribution >= 4 is 15.8 Å². The van der Waals surface area contributed by atoms with Gasteiger partial charge in [-0.2, -0.15) is 4.31 Å². The van der Waals surface area contributed by atoms with E-state index in [4.69, 9.17) is 0 Å². The molecule has 0 amide bonds. The number of anilines is 1. The molecule has 114 valence electrons. The van der Waals surface area contributed by atoms with Crippen LogP contribution in [-0.2, 0) is 10.0 Å². The molecular formula is C14H25N3O2S. The lowest BCUT2D eigenvalue weighted by Gasteiger charge is -2.20. The standard InChI is InChI=1S/C14H25N3O2S/c1-4-9-15-14-8-7-13(12-16-14)20(18,19)17(10-5-2)11-6-3/h7-8,12H,4-6,9-11H2,1-3H3,(H,15,16). The van der Waals surface area contributed by atoms with Crippen molar-refractivity contribution in [3.05, 3.63) is 18.3 Å². The van der Waals surface area contributed by atoms with E-state index >= 15 is 0 Å². The summed E-state index contributed by atoms with van der Waals surface area (Å²) in [6.07, 6.45) is 4.06. The first-order chi connectivity index (χ1) is 9.56. The monoisotopic (exact) mass is 299 g/mol. The highest BCUT2D eigenvalue weighted by Gasteiger charge is 2.23. The van der Waals surface area contributed by atoms with E-state index in [-0.39, 0.29) is 4.90 Å². The van der Waals surface area contributed by atoms with Crippen molar-refractivity contribution in [2.75, 3.05) is 25.0 Å². The van der Waals surface area contributed by atoms with E-state index < -0.39 is 10.0 Å². The van der Waals surface area contributed by atoms with Crippen LogP contribution in [0.2, 0.25) is 0 Å². The van der Waals surface area contributed by atoms with Crippen LogP contribution in [0, 0.1) is 0 Å². The molecule has 20 heavy (non-hydrogen) atoms. The van der Waals surface area contributed by atoms with Crippen LogP contribution in [0.1, 0.15) is 40.0 Å². The summed E-state index contributed by atoms with van der Waals surface area (Å²) in [5.41, 5.74) is 0. The van der Waals surface area contributed by atoms with Crippen LogP contribution in [0.15, 0.2) is 23.2 Å². The fraction of sp³-hybridized carbons (Fsp3) is 0.643. The third-order valence-corrected chi connectivity index (χ3v) is 4.76. The summed E-state index contributed by atoms with van der Waals surface area (Å²) < 4.78 is 26.5. The summed E-state index contributed by atoms with van der Waals surface area (Å²) in [5, 5.41) is 3.13. The van der Waals surface area contributed by atoms with Crippen molar-refractivity contribution in [3.63, 3.8) is 0 Å². The van der Waals surface area contributed by atoms with Gasteiger partial charge in [-0.05, 0) is 31.4 Å². The molecule has 1 aromatic rings. The van der Waals surface area contributed by atoms with Gasteiger partial charge in [0.1, 0.15) is 10.7 Å². The molecule has 5 nitrogen and oxygen atoms in total. The van der Waals surface area contributed by atoms with Crippen LogP contribution in [0.3, 0.4) is 0 Å². The molecule has 0 spiro atoms. The van der Waals surface area contributed by atoms with E-state index in [9.17, 15) is 8.42 Å². The molecule has 0 unspecified atom stereocenters. The first-order valence-corrected chi connectivity index (χ1v) is 8.70. The molecule has 6 heteroatoms. The van der Waals surface area contributed by atoms with Crippen LogP contribution in [0.25, 0.3) is 0 Å². The van der Waals surface area contributed by atoms with Crippen molar-refractivity contribution in [3.8, 4) is 0 Å². The summed E-state index contributed by atoms with van der Waals surface area (Å²) in [6, 6.07) is 3.34. The Morgan fingerprint density at radius 2 is 1.75 bits per heavy atom. The second-order valence-corrected chi connectivity index (χ2v) is 6.65. The van der Waals surface area contributed by atoms with Crippen LogP contribution in [-0.4, -0.2) is 37.3 Å². The Morgan fingerprint density at radius 1 is 1.10 bits per heavy atom. The van der Waals surface area contributed by atoms with E-state index in [2.05, 4.69) is 17.2 Å². The van der Waals surface area contributed by atoms with Crippen molar-refractivity contribution in [2.45, 2.75) is 44.9 Å². The number of aromatic nitrogens is 1. The number of nitrogens with zero attached hydrogens (tertiary/aromatic N) is 2. The average molecular weight is 299 g/mol. The van der Waals surface area contributed by atoms with Crippen molar-refractivity contribution in [2.24, 2.45) is 0 Å². The first-order valence-electron chi connectivity index (χ1n) is 7.26. The first kappa shape index (κ1) is 16.9. The fourth-order valence-electron chi connectivity index (χ4n) is 1.89. The zero-order valence-electron chi connectivity index (χ0n) is 12.6. The lowest BCUT2D eigenvalue weighted by atomic mass is 10.4. The van der Waals surface area contributed by atoms with Gasteiger partial charge in [0.15, 0.2) is 0 Å². The highest BCUT2D eigenvalue weighted by atomic mass is 32.2. The van der Waals surface area contributed by atoms with Crippen LogP contribution in [0.4, 0.5) is 5.82 Å². The van der Waals surface area contributed by atoms with Crippen LogP contribution >= 0.6 is 0 Å². The Balaban J connectivity index is 2.90. The highest BCUT2D eigenvalue weighted by molar-refractivity contribution is 7.89. The third kappa shape index (κ3) is 4.45. The molecule has 1 aromatic heterocycles. The summed E-state index contributed by atoms with van der Waals surface area (Å²) >= 11 is 0. The second-order valence-electron chi connectivity index (χ2n) is 4.71. The number of hydrogen-bond donors (Lipinski definition) is 1. The molecule has 0 saturated heterocycles. The molecule has 0 aromatic carbocycles. The maximum absolute atomic E-state index is 12.5. The fourth-order valence-corrected chi connectivity index (χ4v) is 3.46. The van der Waals surface area contributed by atoms with Crippen LogP contribution < -0.4 is 5.32 Å². The van der Waals surface area contributed by atoms with Crippen molar-refractivity contribution < 1.29 is 8.42 Å². The third-order valence-electron chi connectivity index (χ3n) is 2.88. The SMILES string of the molecule is CCCNc1ccc(S(=O)(=O)N(CCC)CCC)cn1. The van der Waals surface area contributed by atoms with E-state index in [1.165, 1.54) is 10.5 Å². The summed E-state index contributed by atoms with van der Waals surface area (Å²) in [4.78, 5) is 4.43. The summed E-state index contributed by atoms with van der Waals surface area (Å²) in [5.74, 6) is 0.711. The van der Waals surface area contributed by atoms with Gasteiger partial charge in [-0.1, -0.05) is 20.8 Å². The second kappa shape index (κ2) is 8.21. The van der Waals surface area contributed by atoms with Gasteiger partial charge in [-0.3, -0.25) is 0 Å². The number of rotatable bonds is 9. The molecule has 0 bridgehead atoms. The minimum atomic E-state index is -3.42. The summed E-state index contributed by atoms with van der Waals surface area (Å²) in [6.45, 7) is 7.95. The Labute approximate surface area is 122 Å². The summed E-state index contributed by atoms with van der Waals surface area (Å²) in [7, 11) is -3.42. The van der Waals surface area contributed by atoms with Crippen LogP contribution in [0.5, 0.6) is 0 Å². The van der Waals surface area contributed by atoms with E-state index in [1.54, 1.807) is 12.1 Å². The molecular weight excluding hydrogens is 274 g/mol. The molecule has 0 aliphatic rings. The van der Waals surface area contributed by atoms with E-state index in [0.29, 0.717) is 18.9 Å². The van der Waals surface area contributed by atoms with Gasteiger partial charge in [0.2, 0.25) is 10.0 Å². The quantitative estimate of drug-likeness (QED) is 0.761. The maximum Gasteiger partial charge on any atom is 0.244 e. The lowest BCUT2D eigenvalue weighted by molar-refractivity contribution is 0.410. The minimum absolute atomic E-state index is 0.265. The Morgan fingerprint density at radius 3 is 2.20 bits per heavy atom. The highest BCUT2D eigenvalue weighted by Crippen LogP contribution is 2.17. The predicted molar refractivity (Wildman–Crippen MR) is 82.4 cm³/mol. The molecule has 0 saturated carbocycles. The smallest absolute Gasteiger partial charge is 0.244 e. The van der Waals surface area contributed by atoms with Gasteiger partial charge < -0.3 is 5.32 Å². The van der Waals surface area contributed by atoms with Crippen molar-refractivity contribution in [1.29, 1.82) is 0 Å². The number of hydrogen-bond acceptors (Lipinski definition) is 4. The van der Waals surface area contributed by atoms with Gasteiger partial charge in [0, 0.05) is 25.8 Å². The van der Waals surface area contributed by atoms with E-state index in [0.717, 1.165) is 25.8 Å². The Bertz CT molecular complexity index is 480. The molecule has 0 aliphatic heterocycles. The topological polar surface area (TPSA) is 62.3 Å². The van der Waals surface area contributed by atoms with Gasteiger partial charge >= 0.3 is 0 Å². The van der Waals surface area contributed by atoms with Gasteiger partial charge in [-0.25, -0.2) is 13.4 Å². The molecule has 0 atom stereocenters. The Hall–Kier alpha value is -1.14. The zero-order chi connectivity index (χ0) is 15.0. The normalized spacial score (nSPS) is 11.8. The van der Waals surface area contributed by atoms with Gasteiger partial charge in [0.25, 0.3) is 0 Å². The lowest BCUT2D eigenvalue weighted by Crippen LogP contribution is -2.32. The number of nitrogens with one attached hydrogen (secondary N) is 1. The minimum Gasteiger partial charge on any atom is -0.370 e. The van der Waals surface area contributed by atoms with Gasteiger partial charge in [0.05, 0.1) is 0 Å². The Kier molecular flexibility index (Phi) is 6.95. The predicted octanol–water partition coefficient (Wildman–Crippen LogP) is 2.71. The average Bonchev–Trinajstić information content (AvgIpc) is 2.45. The number of sulfonamides is 1. The van der Waals surface area contributed by atoms with Crippen molar-refractivity contribution in [1.82, 2.24) is 9.29 Å². The maximum atomic E-state index is 12.5. The van der Waals surface area contributed by atoms with Gasteiger partial charge in [-0.15, -0.1) is 0 Å². The molecule has 0 aliphatic carbocycles. The van der Waals surface area contributed by atoms with E-state index in [1.807, 2.05) is 13.8 Å². The molecule has 1 heterocycles. The molecule has 1 rings (SSSR count). The number of pyridine rings is 1.